The number of nitrogens with zero attached hydrogens (tertiary/aromatic N) is 4. The van der Waals surface area contributed by atoms with E-state index in [9.17, 15) is 14.7 Å². The van der Waals surface area contributed by atoms with Gasteiger partial charge in [-0.25, -0.2) is 4.79 Å². The van der Waals surface area contributed by atoms with Gasteiger partial charge in [-0.3, -0.25) is 9.48 Å². The zero-order chi connectivity index (χ0) is 17.6. The van der Waals surface area contributed by atoms with E-state index in [4.69, 9.17) is 4.52 Å². The average Bonchev–Trinajstić information content (AvgIpc) is 3.17. The fourth-order valence-electron chi connectivity index (χ4n) is 3.38. The van der Waals surface area contributed by atoms with E-state index in [1.165, 1.54) is 4.68 Å². The van der Waals surface area contributed by atoms with E-state index in [1.54, 1.807) is 23.4 Å². The number of likely N-dealkylation sites (tertiary alicyclic amines) is 1. The van der Waals surface area contributed by atoms with Gasteiger partial charge in [0.2, 0.25) is 5.76 Å². The highest BCUT2D eigenvalue weighted by Gasteiger charge is 2.45. The molecule has 0 aromatic carbocycles. The van der Waals surface area contributed by atoms with Crippen LogP contribution in [0.2, 0.25) is 0 Å². The van der Waals surface area contributed by atoms with Gasteiger partial charge in [0.05, 0.1) is 11.9 Å². The second kappa shape index (κ2) is 5.72. The summed E-state index contributed by atoms with van der Waals surface area (Å²) >= 11 is 0. The first-order valence-electron chi connectivity index (χ1n) is 8.51. The summed E-state index contributed by atoms with van der Waals surface area (Å²) in [5.74, 6) is -0.484. The number of carbonyl (C=O) groups excluding carboxylic acids is 1. The maximum absolute atomic E-state index is 12.6. The largest absolute Gasteiger partial charge is 0.479 e. The van der Waals surface area contributed by atoms with Gasteiger partial charge in [0.25, 0.3) is 5.91 Å². The van der Waals surface area contributed by atoms with Crippen LogP contribution in [0.1, 0.15) is 53.4 Å². The van der Waals surface area contributed by atoms with Gasteiger partial charge in [0, 0.05) is 44.1 Å². The van der Waals surface area contributed by atoms with Crippen LogP contribution in [0.3, 0.4) is 0 Å². The van der Waals surface area contributed by atoms with Gasteiger partial charge in [0.15, 0.2) is 5.54 Å². The highest BCUT2D eigenvalue weighted by molar-refractivity contribution is 5.91. The number of piperidine rings is 1. The van der Waals surface area contributed by atoms with E-state index in [2.05, 4.69) is 10.3 Å². The monoisotopic (exact) mass is 344 g/mol. The van der Waals surface area contributed by atoms with Crippen LogP contribution in [0.4, 0.5) is 0 Å². The third-order valence-corrected chi connectivity index (χ3v) is 5.16. The molecule has 0 bridgehead atoms. The SMILES string of the molecule is Cc1cnn(C2(C(=O)O)CCN(C(=O)c3cc(C4CC4)no3)CC2)c1. The molecule has 0 radical (unpaired) electrons. The lowest BCUT2D eigenvalue weighted by atomic mass is 9.87. The third kappa shape index (κ3) is 2.71. The van der Waals surface area contributed by atoms with E-state index in [-0.39, 0.29) is 11.7 Å². The second-order valence-corrected chi connectivity index (χ2v) is 6.98. The highest BCUT2D eigenvalue weighted by Crippen LogP contribution is 2.39. The minimum atomic E-state index is -1.11. The lowest BCUT2D eigenvalue weighted by molar-refractivity contribution is -0.150. The second-order valence-electron chi connectivity index (χ2n) is 6.98. The fourth-order valence-corrected chi connectivity index (χ4v) is 3.38. The number of carboxylic acids is 1. The van der Waals surface area contributed by atoms with Gasteiger partial charge in [-0.2, -0.15) is 5.10 Å². The first-order chi connectivity index (χ1) is 12.0. The number of hydrogen-bond acceptors (Lipinski definition) is 5. The van der Waals surface area contributed by atoms with Crippen molar-refractivity contribution < 1.29 is 19.2 Å². The molecule has 1 aliphatic carbocycles. The number of aryl methyl sites for hydroxylation is 1. The number of aliphatic carboxylic acids is 1. The maximum Gasteiger partial charge on any atom is 0.331 e. The molecule has 1 aliphatic heterocycles. The van der Waals surface area contributed by atoms with E-state index < -0.39 is 11.5 Å². The van der Waals surface area contributed by atoms with Gasteiger partial charge in [-0.1, -0.05) is 5.16 Å². The number of carbonyl (C=O) groups is 2. The summed E-state index contributed by atoms with van der Waals surface area (Å²) in [6, 6.07) is 1.72. The Kier molecular flexibility index (Phi) is 3.63. The molecular weight excluding hydrogens is 324 g/mol. The molecule has 1 N–H and O–H groups in total. The van der Waals surface area contributed by atoms with Crippen molar-refractivity contribution in [2.24, 2.45) is 0 Å². The van der Waals surface area contributed by atoms with Crippen LogP contribution in [0.15, 0.2) is 23.0 Å². The molecule has 8 heteroatoms. The van der Waals surface area contributed by atoms with Crippen LogP contribution in [0.5, 0.6) is 0 Å². The summed E-state index contributed by atoms with van der Waals surface area (Å²) in [7, 11) is 0. The molecule has 2 aliphatic rings. The zero-order valence-corrected chi connectivity index (χ0v) is 14.0. The Labute approximate surface area is 144 Å². The van der Waals surface area contributed by atoms with Gasteiger partial charge in [0.1, 0.15) is 0 Å². The van der Waals surface area contributed by atoms with E-state index in [1.807, 2.05) is 6.92 Å². The molecule has 8 nitrogen and oxygen atoms in total. The topological polar surface area (TPSA) is 101 Å². The molecular formula is C17H20N4O4. The van der Waals surface area contributed by atoms with E-state index in [0.717, 1.165) is 24.1 Å². The Morgan fingerprint density at radius 3 is 2.60 bits per heavy atom. The molecule has 3 heterocycles. The highest BCUT2D eigenvalue weighted by atomic mass is 16.5. The van der Waals surface area contributed by atoms with E-state index in [0.29, 0.717) is 31.8 Å². The van der Waals surface area contributed by atoms with Crippen LogP contribution in [0.25, 0.3) is 0 Å². The van der Waals surface area contributed by atoms with Crippen molar-refractivity contribution in [1.29, 1.82) is 0 Å². The molecule has 1 saturated heterocycles. The number of hydrogen-bond donors (Lipinski definition) is 1. The average molecular weight is 344 g/mol. The lowest BCUT2D eigenvalue weighted by Crippen LogP contribution is -2.52. The fraction of sp³-hybridized carbons (Fsp3) is 0.529. The van der Waals surface area contributed by atoms with Crippen LogP contribution >= 0.6 is 0 Å². The normalized spacial score (nSPS) is 19.8. The number of carboxylic acid groups (broad SMARTS) is 1. The summed E-state index contributed by atoms with van der Waals surface area (Å²) in [5.41, 5.74) is 0.645. The summed E-state index contributed by atoms with van der Waals surface area (Å²) in [6.07, 6.45) is 6.18. The zero-order valence-electron chi connectivity index (χ0n) is 14.0. The Morgan fingerprint density at radius 1 is 1.32 bits per heavy atom. The molecule has 2 fully saturated rings. The Morgan fingerprint density at radius 2 is 2.04 bits per heavy atom. The predicted molar refractivity (Wildman–Crippen MR) is 86.2 cm³/mol. The minimum absolute atomic E-state index is 0.227. The summed E-state index contributed by atoms with van der Waals surface area (Å²) in [5, 5.41) is 17.9. The van der Waals surface area contributed by atoms with Crippen LogP contribution < -0.4 is 0 Å². The molecule has 1 amide bonds. The van der Waals surface area contributed by atoms with Crippen molar-refractivity contribution in [1.82, 2.24) is 19.8 Å². The molecule has 0 spiro atoms. The smallest absolute Gasteiger partial charge is 0.331 e. The van der Waals surface area contributed by atoms with Crippen LogP contribution in [-0.4, -0.2) is 49.9 Å². The Hall–Kier alpha value is -2.64. The number of rotatable bonds is 4. The summed E-state index contributed by atoms with van der Waals surface area (Å²) in [4.78, 5) is 26.2. The van der Waals surface area contributed by atoms with E-state index >= 15 is 0 Å². The van der Waals surface area contributed by atoms with Gasteiger partial charge in [-0.05, 0) is 25.3 Å². The van der Waals surface area contributed by atoms with Gasteiger partial charge >= 0.3 is 5.97 Å². The molecule has 2 aromatic heterocycles. The van der Waals surface area contributed by atoms with Gasteiger partial charge < -0.3 is 14.5 Å². The number of aromatic nitrogens is 3. The quantitative estimate of drug-likeness (QED) is 0.907. The van der Waals surface area contributed by atoms with Crippen molar-refractivity contribution in [3.8, 4) is 0 Å². The Balaban J connectivity index is 1.49. The maximum atomic E-state index is 12.6. The van der Waals surface area contributed by atoms with Crippen molar-refractivity contribution in [2.45, 2.75) is 44.1 Å². The minimum Gasteiger partial charge on any atom is -0.479 e. The standard InChI is InChI=1S/C17H20N4O4/c1-11-9-18-21(10-11)17(16(23)24)4-6-20(7-5-17)15(22)14-8-13(19-25-14)12-2-3-12/h8-10,12H,2-7H2,1H3,(H,23,24). The van der Waals surface area contributed by atoms with Crippen molar-refractivity contribution in [3.05, 3.63) is 35.5 Å². The van der Waals surface area contributed by atoms with Crippen molar-refractivity contribution in [3.63, 3.8) is 0 Å². The van der Waals surface area contributed by atoms with Crippen molar-refractivity contribution in [2.75, 3.05) is 13.1 Å². The molecule has 132 valence electrons. The molecule has 1 saturated carbocycles. The predicted octanol–water partition coefficient (Wildman–Crippen LogP) is 1.77. The number of amides is 1. The first kappa shape index (κ1) is 15.9. The first-order valence-corrected chi connectivity index (χ1v) is 8.51. The third-order valence-electron chi connectivity index (χ3n) is 5.16. The summed E-state index contributed by atoms with van der Waals surface area (Å²) in [6.45, 7) is 2.55. The molecule has 4 rings (SSSR count). The molecule has 25 heavy (non-hydrogen) atoms. The Bertz CT molecular complexity index is 812. The molecule has 2 aromatic rings. The van der Waals surface area contributed by atoms with Crippen LogP contribution in [0, 0.1) is 6.92 Å². The van der Waals surface area contributed by atoms with Crippen LogP contribution in [-0.2, 0) is 10.3 Å². The van der Waals surface area contributed by atoms with Crippen molar-refractivity contribution >= 4 is 11.9 Å². The molecule has 0 unspecified atom stereocenters. The lowest BCUT2D eigenvalue weighted by Gasteiger charge is -2.38. The molecule has 0 atom stereocenters. The van der Waals surface area contributed by atoms with Gasteiger partial charge in [-0.15, -0.1) is 0 Å². The summed E-state index contributed by atoms with van der Waals surface area (Å²) < 4.78 is 6.71.